The molecular formula is C52H54N4. The first kappa shape index (κ1) is 37.3. The normalized spacial score (nSPS) is 13.0. The van der Waals surface area contributed by atoms with E-state index >= 15 is 0 Å². The van der Waals surface area contributed by atoms with E-state index in [1.165, 1.54) is 43.8 Å². The average Bonchev–Trinajstić information content (AvgIpc) is 3.64. The molecule has 0 saturated carbocycles. The summed E-state index contributed by atoms with van der Waals surface area (Å²) < 4.78 is 4.74. The molecule has 0 aliphatic rings. The molecule has 0 radical (unpaired) electrons. The van der Waals surface area contributed by atoms with Crippen LogP contribution in [0.2, 0.25) is 0 Å². The van der Waals surface area contributed by atoms with E-state index in [1.54, 1.807) is 0 Å². The van der Waals surface area contributed by atoms with Crippen molar-refractivity contribution in [1.29, 1.82) is 5.26 Å². The molecule has 282 valence electrons. The Balaban J connectivity index is 1.40. The molecule has 0 aliphatic heterocycles. The van der Waals surface area contributed by atoms with Crippen LogP contribution < -0.4 is 0 Å². The van der Waals surface area contributed by atoms with E-state index < -0.39 is 0 Å². The molecule has 56 heavy (non-hydrogen) atoms. The number of hydrogen-bond acceptors (Lipinski definition) is 2. The zero-order valence-electron chi connectivity index (χ0n) is 35.2. The van der Waals surface area contributed by atoms with Crippen molar-refractivity contribution in [2.75, 3.05) is 0 Å². The van der Waals surface area contributed by atoms with Crippen LogP contribution in [-0.4, -0.2) is 14.1 Å². The molecule has 8 rings (SSSR count). The molecular weight excluding hydrogens is 681 g/mol. The summed E-state index contributed by atoms with van der Waals surface area (Å²) in [5.74, 6) is 0. The van der Waals surface area contributed by atoms with Crippen molar-refractivity contribution in [3.05, 3.63) is 137 Å². The van der Waals surface area contributed by atoms with Crippen LogP contribution in [0.3, 0.4) is 0 Å². The van der Waals surface area contributed by atoms with Gasteiger partial charge in [0.2, 0.25) is 0 Å². The lowest BCUT2D eigenvalue weighted by molar-refractivity contribution is 0.590. The van der Waals surface area contributed by atoms with E-state index in [-0.39, 0.29) is 21.7 Å². The molecule has 0 saturated heterocycles. The lowest BCUT2D eigenvalue weighted by atomic mass is 9.85. The number of rotatable bonds is 3. The molecule has 0 amide bonds. The summed E-state index contributed by atoms with van der Waals surface area (Å²) >= 11 is 0. The van der Waals surface area contributed by atoms with E-state index in [0.29, 0.717) is 5.56 Å². The van der Waals surface area contributed by atoms with Crippen LogP contribution in [0.4, 0.5) is 0 Å². The third-order valence-electron chi connectivity index (χ3n) is 11.7. The van der Waals surface area contributed by atoms with Crippen LogP contribution in [0.1, 0.15) is 111 Å². The zero-order valence-corrected chi connectivity index (χ0v) is 35.2. The number of hydrogen-bond donors (Lipinski definition) is 0. The monoisotopic (exact) mass is 734 g/mol. The van der Waals surface area contributed by atoms with E-state index in [0.717, 1.165) is 44.6 Å². The van der Waals surface area contributed by atoms with Crippen molar-refractivity contribution in [3.8, 4) is 28.6 Å². The van der Waals surface area contributed by atoms with Gasteiger partial charge in [-0.2, -0.15) is 5.26 Å². The minimum atomic E-state index is 0.00362. The fourth-order valence-corrected chi connectivity index (χ4v) is 8.23. The maximum Gasteiger partial charge on any atom is 0.0998 e. The molecule has 4 nitrogen and oxygen atoms in total. The maximum atomic E-state index is 10.7. The Morgan fingerprint density at radius 2 is 0.839 bits per heavy atom. The van der Waals surface area contributed by atoms with Gasteiger partial charge in [-0.1, -0.05) is 107 Å². The fourth-order valence-electron chi connectivity index (χ4n) is 8.23. The van der Waals surface area contributed by atoms with Crippen molar-refractivity contribution < 1.29 is 0 Å². The van der Waals surface area contributed by atoms with Crippen LogP contribution in [0.15, 0.2) is 109 Å². The second-order valence-corrected chi connectivity index (χ2v) is 19.8. The molecule has 4 heteroatoms. The second-order valence-electron chi connectivity index (χ2n) is 19.8. The Kier molecular flexibility index (Phi) is 8.44. The fraction of sp³-hybridized carbons (Fsp3) is 0.308. The van der Waals surface area contributed by atoms with Gasteiger partial charge in [-0.3, -0.25) is 4.98 Å². The highest BCUT2D eigenvalue weighted by Crippen LogP contribution is 2.42. The van der Waals surface area contributed by atoms with Crippen LogP contribution in [0.5, 0.6) is 0 Å². The molecule has 0 fully saturated rings. The summed E-state index contributed by atoms with van der Waals surface area (Å²) in [7, 11) is 0. The third-order valence-corrected chi connectivity index (χ3v) is 11.7. The summed E-state index contributed by atoms with van der Waals surface area (Å²) in [6.07, 6.45) is 3.79. The predicted octanol–water partition coefficient (Wildman–Crippen LogP) is 14.0. The van der Waals surface area contributed by atoms with Gasteiger partial charge in [-0.05, 0) is 117 Å². The van der Waals surface area contributed by atoms with Crippen molar-refractivity contribution in [3.63, 3.8) is 0 Å². The molecule has 5 aromatic carbocycles. The molecule has 0 unspecified atom stereocenters. The number of pyridine rings is 1. The van der Waals surface area contributed by atoms with E-state index in [4.69, 9.17) is 0 Å². The number of aromatic nitrogens is 3. The number of fused-ring (bicyclic) bond motifs is 6. The van der Waals surface area contributed by atoms with Gasteiger partial charge in [0.1, 0.15) is 0 Å². The summed E-state index contributed by atoms with van der Waals surface area (Å²) in [6.45, 7) is 27.3. The van der Waals surface area contributed by atoms with Gasteiger partial charge in [-0.25, -0.2) is 0 Å². The summed E-state index contributed by atoms with van der Waals surface area (Å²) in [5, 5.41) is 15.6. The van der Waals surface area contributed by atoms with Gasteiger partial charge in [0, 0.05) is 50.8 Å². The lowest BCUT2D eigenvalue weighted by Crippen LogP contribution is -2.10. The van der Waals surface area contributed by atoms with Crippen LogP contribution >= 0.6 is 0 Å². The molecule has 3 aromatic heterocycles. The Bertz CT molecular complexity index is 2750. The number of benzene rings is 5. The first-order chi connectivity index (χ1) is 26.3. The van der Waals surface area contributed by atoms with E-state index in [1.807, 2.05) is 18.5 Å². The summed E-state index contributed by atoms with van der Waals surface area (Å²) in [5.41, 5.74) is 14.2. The van der Waals surface area contributed by atoms with Gasteiger partial charge in [0.25, 0.3) is 0 Å². The van der Waals surface area contributed by atoms with Crippen molar-refractivity contribution in [2.45, 2.75) is 105 Å². The minimum absolute atomic E-state index is 0.00362. The molecule has 0 N–H and O–H groups in total. The Morgan fingerprint density at radius 3 is 1.21 bits per heavy atom. The Hall–Kier alpha value is -5.66. The highest BCUT2D eigenvalue weighted by molar-refractivity contribution is 6.11. The van der Waals surface area contributed by atoms with Crippen molar-refractivity contribution in [2.24, 2.45) is 0 Å². The predicted molar refractivity (Wildman–Crippen MR) is 238 cm³/mol. The molecule has 8 aromatic rings. The van der Waals surface area contributed by atoms with Crippen molar-refractivity contribution in [1.82, 2.24) is 14.1 Å². The summed E-state index contributed by atoms with van der Waals surface area (Å²) in [4.78, 5) is 4.69. The lowest BCUT2D eigenvalue weighted by Gasteiger charge is -2.20. The first-order valence-corrected chi connectivity index (χ1v) is 19.9. The minimum Gasteiger partial charge on any atom is -0.309 e. The molecule has 0 bridgehead atoms. The largest absolute Gasteiger partial charge is 0.309 e. The molecule has 0 atom stereocenters. The van der Waals surface area contributed by atoms with Crippen LogP contribution in [0.25, 0.3) is 66.1 Å². The highest BCUT2D eigenvalue weighted by Gasteiger charge is 2.25. The van der Waals surface area contributed by atoms with Crippen LogP contribution in [-0.2, 0) is 21.7 Å². The molecule has 0 aliphatic carbocycles. The highest BCUT2D eigenvalue weighted by atomic mass is 15.0. The number of nitriles is 1. The van der Waals surface area contributed by atoms with E-state index in [2.05, 4.69) is 194 Å². The standard InChI is InChI=1S/C52H54N4/c1-49(2,3)33-14-19-44-39(25-33)40-26-34(50(4,5)6)15-20-45(40)55(44)37-18-13-32(30-53)38(29-37)43-31-54-24-23-48(43)56-46-21-16-35(51(7,8)9)27-41(46)42-28-36(52(10,11)12)17-22-47(42)56/h13-29,31H,1-12H3. The van der Waals surface area contributed by atoms with Gasteiger partial charge in [0.15, 0.2) is 0 Å². The summed E-state index contributed by atoms with van der Waals surface area (Å²) in [6, 6.07) is 38.6. The second kappa shape index (κ2) is 12.7. The van der Waals surface area contributed by atoms with Gasteiger partial charge in [-0.15, -0.1) is 0 Å². The zero-order chi connectivity index (χ0) is 40.1. The van der Waals surface area contributed by atoms with E-state index in [9.17, 15) is 5.26 Å². The molecule has 3 heterocycles. The van der Waals surface area contributed by atoms with Gasteiger partial charge in [0.05, 0.1) is 39.4 Å². The quantitative estimate of drug-likeness (QED) is 0.181. The Morgan fingerprint density at radius 1 is 0.446 bits per heavy atom. The molecule has 0 spiro atoms. The first-order valence-electron chi connectivity index (χ1n) is 19.9. The van der Waals surface area contributed by atoms with Gasteiger partial charge >= 0.3 is 0 Å². The Labute approximate surface area is 332 Å². The third kappa shape index (κ3) is 6.19. The SMILES string of the molecule is CC(C)(C)c1ccc2c(c1)c1cc(C(C)(C)C)ccc1n2-c1ccc(C#N)c(-c2cnccc2-n2c3ccc(C(C)(C)C)cc3c3cc(C(C)(C)C)ccc32)c1. The maximum absolute atomic E-state index is 10.7. The number of nitrogens with zero attached hydrogens (tertiary/aromatic N) is 4. The van der Waals surface area contributed by atoms with Crippen LogP contribution in [0, 0.1) is 11.3 Å². The van der Waals surface area contributed by atoms with Gasteiger partial charge < -0.3 is 9.13 Å². The topological polar surface area (TPSA) is 46.5 Å². The smallest absolute Gasteiger partial charge is 0.0998 e. The van der Waals surface area contributed by atoms with Crippen molar-refractivity contribution >= 4 is 43.6 Å². The average molecular weight is 735 g/mol.